The quantitative estimate of drug-likeness (QED) is 0.240. The molecule has 0 saturated heterocycles. The van der Waals surface area contributed by atoms with E-state index in [1.54, 1.807) is 48.5 Å². The summed E-state index contributed by atoms with van der Waals surface area (Å²) in [4.78, 5) is 41.5. The Balaban J connectivity index is 1.86. The molecule has 0 aliphatic heterocycles. The van der Waals surface area contributed by atoms with Crippen molar-refractivity contribution in [1.82, 2.24) is 9.97 Å². The Kier molecular flexibility index (Phi) is 6.59. The van der Waals surface area contributed by atoms with Gasteiger partial charge in [-0.3, -0.25) is 19.7 Å². The molecule has 0 saturated carbocycles. The predicted molar refractivity (Wildman–Crippen MR) is 115 cm³/mol. The largest absolute Gasteiger partial charge is 0.427 e. The number of esters is 2. The fourth-order valence-electron chi connectivity index (χ4n) is 2.74. The minimum Gasteiger partial charge on any atom is -0.427 e. The van der Waals surface area contributed by atoms with E-state index >= 15 is 0 Å². The zero-order valence-corrected chi connectivity index (χ0v) is 17.4. The molecule has 0 aliphatic rings. The first-order chi connectivity index (χ1) is 15.2. The average Bonchev–Trinajstić information content (AvgIpc) is 2.69. The van der Waals surface area contributed by atoms with E-state index in [1.165, 1.54) is 20.8 Å². The number of nitrogens with zero attached hydrogens (tertiary/aromatic N) is 3. The summed E-state index contributed by atoms with van der Waals surface area (Å²) < 4.78 is 9.96. The van der Waals surface area contributed by atoms with Gasteiger partial charge in [-0.2, -0.15) is 4.98 Å². The highest BCUT2D eigenvalue weighted by molar-refractivity contribution is 5.72. The second-order valence-corrected chi connectivity index (χ2v) is 6.57. The summed E-state index contributed by atoms with van der Waals surface area (Å²) in [5.41, 5.74) is 0.970. The second kappa shape index (κ2) is 9.51. The molecule has 0 fully saturated rings. The topological polar surface area (TPSA) is 146 Å². The summed E-state index contributed by atoms with van der Waals surface area (Å²) >= 11 is 0. The van der Waals surface area contributed by atoms with Gasteiger partial charge in [-0.05, 0) is 55.5 Å². The molecule has 0 unspecified atom stereocenters. The zero-order chi connectivity index (χ0) is 23.3. The fourth-order valence-corrected chi connectivity index (χ4v) is 2.74. The third-order valence-corrected chi connectivity index (χ3v) is 3.99. The number of aryl methyl sites for hydroxylation is 1. The Hall–Kier alpha value is -4.54. The number of benzene rings is 2. The summed E-state index contributed by atoms with van der Waals surface area (Å²) in [5, 5.41) is 17.4. The van der Waals surface area contributed by atoms with Crippen LogP contribution in [0.5, 0.6) is 11.5 Å². The molecule has 32 heavy (non-hydrogen) atoms. The number of aromatic nitrogens is 2. The van der Waals surface area contributed by atoms with Crippen molar-refractivity contribution in [1.29, 1.82) is 0 Å². The SMILES string of the molecule is CC(=O)Oc1ccc(Nc2nc(C)c([N+](=O)[O-])c(Nc3ccc(OC(C)=O)cc3)n2)cc1. The van der Waals surface area contributed by atoms with Crippen LogP contribution in [0.25, 0.3) is 0 Å². The minimum atomic E-state index is -0.567. The van der Waals surface area contributed by atoms with Crippen molar-refractivity contribution in [2.24, 2.45) is 0 Å². The molecule has 11 nitrogen and oxygen atoms in total. The molecule has 11 heteroatoms. The molecule has 164 valence electrons. The van der Waals surface area contributed by atoms with Gasteiger partial charge in [0.2, 0.25) is 11.8 Å². The second-order valence-electron chi connectivity index (χ2n) is 6.57. The molecule has 3 rings (SSSR count). The van der Waals surface area contributed by atoms with Crippen LogP contribution in [0.3, 0.4) is 0 Å². The van der Waals surface area contributed by atoms with Crippen molar-refractivity contribution in [3.63, 3.8) is 0 Å². The summed E-state index contributed by atoms with van der Waals surface area (Å²) in [6.07, 6.45) is 0. The Morgan fingerprint density at radius 1 is 0.844 bits per heavy atom. The summed E-state index contributed by atoms with van der Waals surface area (Å²) in [7, 11) is 0. The van der Waals surface area contributed by atoms with Gasteiger partial charge in [0.1, 0.15) is 17.2 Å². The molecule has 0 atom stereocenters. The van der Waals surface area contributed by atoms with Crippen molar-refractivity contribution < 1.29 is 24.0 Å². The van der Waals surface area contributed by atoms with Gasteiger partial charge in [0.25, 0.3) is 0 Å². The Morgan fingerprint density at radius 2 is 1.31 bits per heavy atom. The van der Waals surface area contributed by atoms with Crippen molar-refractivity contribution >= 4 is 40.8 Å². The smallest absolute Gasteiger partial charge is 0.332 e. The van der Waals surface area contributed by atoms with E-state index in [-0.39, 0.29) is 23.1 Å². The van der Waals surface area contributed by atoms with Crippen LogP contribution in [0.2, 0.25) is 0 Å². The molecule has 2 N–H and O–H groups in total. The molecule has 0 radical (unpaired) electrons. The van der Waals surface area contributed by atoms with Crippen LogP contribution in [-0.2, 0) is 9.59 Å². The van der Waals surface area contributed by atoms with Crippen LogP contribution < -0.4 is 20.1 Å². The van der Waals surface area contributed by atoms with E-state index < -0.39 is 16.9 Å². The van der Waals surface area contributed by atoms with E-state index in [9.17, 15) is 19.7 Å². The van der Waals surface area contributed by atoms with E-state index in [0.29, 0.717) is 22.9 Å². The van der Waals surface area contributed by atoms with Gasteiger partial charge in [-0.25, -0.2) is 4.98 Å². The van der Waals surface area contributed by atoms with Crippen molar-refractivity contribution in [2.75, 3.05) is 10.6 Å². The van der Waals surface area contributed by atoms with Crippen LogP contribution >= 0.6 is 0 Å². The van der Waals surface area contributed by atoms with E-state index in [2.05, 4.69) is 20.6 Å². The number of hydrogen-bond donors (Lipinski definition) is 2. The van der Waals surface area contributed by atoms with Crippen LogP contribution in [0.15, 0.2) is 48.5 Å². The summed E-state index contributed by atoms with van der Waals surface area (Å²) in [5.74, 6) is -0.0467. The third-order valence-electron chi connectivity index (χ3n) is 3.99. The maximum atomic E-state index is 11.6. The standard InChI is InChI=1S/C21H19N5O6/c1-12-19(26(29)30)20(23-15-4-8-17(9-5-15)31-13(2)27)25-21(22-12)24-16-6-10-18(11-7-16)32-14(3)28/h4-11H,1-3H3,(H2,22,23,24,25). The lowest BCUT2D eigenvalue weighted by molar-refractivity contribution is -0.385. The molecule has 1 heterocycles. The maximum absolute atomic E-state index is 11.6. The molecule has 0 aliphatic carbocycles. The van der Waals surface area contributed by atoms with Gasteiger partial charge in [-0.1, -0.05) is 0 Å². The van der Waals surface area contributed by atoms with Gasteiger partial charge in [0, 0.05) is 25.2 Å². The van der Waals surface area contributed by atoms with Crippen LogP contribution in [0, 0.1) is 17.0 Å². The highest BCUT2D eigenvalue weighted by atomic mass is 16.6. The normalized spacial score (nSPS) is 10.2. The van der Waals surface area contributed by atoms with Crippen molar-refractivity contribution in [3.8, 4) is 11.5 Å². The van der Waals surface area contributed by atoms with E-state index in [4.69, 9.17) is 9.47 Å². The molecule has 0 spiro atoms. The van der Waals surface area contributed by atoms with Crippen LogP contribution in [-0.4, -0.2) is 26.8 Å². The van der Waals surface area contributed by atoms with E-state index in [0.717, 1.165) is 0 Å². The molecular formula is C21H19N5O6. The van der Waals surface area contributed by atoms with Crippen LogP contribution in [0.4, 0.5) is 28.8 Å². The Labute approximate surface area is 182 Å². The summed E-state index contributed by atoms with van der Waals surface area (Å²) in [6, 6.07) is 12.8. The summed E-state index contributed by atoms with van der Waals surface area (Å²) in [6.45, 7) is 4.10. The minimum absolute atomic E-state index is 0.0123. The van der Waals surface area contributed by atoms with Gasteiger partial charge >= 0.3 is 17.6 Å². The molecule has 1 aromatic heterocycles. The first kappa shape index (κ1) is 22.2. The van der Waals surface area contributed by atoms with Gasteiger partial charge in [0.05, 0.1) is 4.92 Å². The first-order valence-electron chi connectivity index (χ1n) is 9.35. The maximum Gasteiger partial charge on any atom is 0.332 e. The molecule has 0 bridgehead atoms. The first-order valence-corrected chi connectivity index (χ1v) is 9.35. The number of nitro groups is 1. The number of nitrogens with one attached hydrogen (secondary N) is 2. The lowest BCUT2D eigenvalue weighted by Gasteiger charge is -2.11. The Morgan fingerprint density at radius 3 is 1.75 bits per heavy atom. The monoisotopic (exact) mass is 437 g/mol. The lowest BCUT2D eigenvalue weighted by Crippen LogP contribution is -2.07. The Bertz CT molecular complexity index is 1160. The number of carbonyl (C=O) groups excluding carboxylic acids is 2. The number of ether oxygens (including phenoxy) is 2. The fraction of sp³-hybridized carbons (Fsp3) is 0.143. The zero-order valence-electron chi connectivity index (χ0n) is 17.4. The van der Waals surface area contributed by atoms with Gasteiger partial charge in [-0.15, -0.1) is 0 Å². The average molecular weight is 437 g/mol. The third kappa shape index (κ3) is 5.75. The lowest BCUT2D eigenvalue weighted by atomic mass is 10.3. The molecular weight excluding hydrogens is 418 g/mol. The van der Waals surface area contributed by atoms with Crippen molar-refractivity contribution in [3.05, 3.63) is 64.3 Å². The number of hydrogen-bond acceptors (Lipinski definition) is 10. The predicted octanol–water partition coefficient (Wildman–Crippen LogP) is 4.03. The molecule has 0 amide bonds. The van der Waals surface area contributed by atoms with E-state index in [1.807, 2.05) is 0 Å². The highest BCUT2D eigenvalue weighted by Crippen LogP contribution is 2.31. The number of rotatable bonds is 7. The van der Waals surface area contributed by atoms with Crippen LogP contribution in [0.1, 0.15) is 19.5 Å². The number of anilines is 4. The van der Waals surface area contributed by atoms with Gasteiger partial charge in [0.15, 0.2) is 0 Å². The highest BCUT2D eigenvalue weighted by Gasteiger charge is 2.22. The van der Waals surface area contributed by atoms with Gasteiger partial charge < -0.3 is 20.1 Å². The van der Waals surface area contributed by atoms with Crippen molar-refractivity contribution in [2.45, 2.75) is 20.8 Å². The number of carbonyl (C=O) groups is 2. The molecule has 3 aromatic rings. The molecule has 2 aromatic carbocycles.